The number of nitrogens with zero attached hydrogens (tertiary/aromatic N) is 2. The molecule has 0 spiro atoms. The van der Waals surface area contributed by atoms with E-state index < -0.39 is 0 Å². The van der Waals surface area contributed by atoms with Crippen LogP contribution in [-0.4, -0.2) is 48.6 Å². The van der Waals surface area contributed by atoms with Crippen LogP contribution in [0.25, 0.3) is 0 Å². The van der Waals surface area contributed by atoms with Crippen LogP contribution in [0, 0.1) is 5.92 Å². The van der Waals surface area contributed by atoms with Crippen LogP contribution >= 0.6 is 0 Å². The van der Waals surface area contributed by atoms with Crippen LogP contribution in [0.1, 0.15) is 13.8 Å². The Morgan fingerprint density at radius 2 is 2.23 bits per heavy atom. The van der Waals surface area contributed by atoms with Gasteiger partial charge in [-0.05, 0) is 12.8 Å². The van der Waals surface area contributed by atoms with Crippen molar-refractivity contribution in [3.8, 4) is 0 Å². The minimum atomic E-state index is 0.0994. The van der Waals surface area contributed by atoms with Crippen molar-refractivity contribution in [3.63, 3.8) is 0 Å². The van der Waals surface area contributed by atoms with Gasteiger partial charge in [0.05, 0.1) is 0 Å². The molecule has 1 fully saturated rings. The number of nitrogens with two attached hydrogens (primary N) is 1. The maximum Gasteiger partial charge on any atom is 0.319 e. The predicted octanol–water partition coefficient (Wildman–Crippen LogP) is 0.337. The molecule has 1 aliphatic heterocycles. The highest BCUT2D eigenvalue weighted by Gasteiger charge is 2.30. The second-order valence-corrected chi connectivity index (χ2v) is 3.84. The Labute approximate surface area is 79.7 Å². The van der Waals surface area contributed by atoms with Crippen molar-refractivity contribution >= 4 is 6.03 Å². The molecule has 0 aromatic heterocycles. The van der Waals surface area contributed by atoms with Crippen LogP contribution in [0.15, 0.2) is 0 Å². The highest BCUT2D eigenvalue weighted by Crippen LogP contribution is 2.15. The number of rotatable bonds is 1. The molecule has 2 atom stereocenters. The molecule has 13 heavy (non-hydrogen) atoms. The third-order valence-corrected chi connectivity index (χ3v) is 2.74. The zero-order valence-corrected chi connectivity index (χ0v) is 8.66. The van der Waals surface area contributed by atoms with Crippen LogP contribution in [0.3, 0.4) is 0 Å². The lowest BCUT2D eigenvalue weighted by Crippen LogP contribution is -2.40. The van der Waals surface area contributed by atoms with Gasteiger partial charge in [-0.1, -0.05) is 6.92 Å². The first-order valence-electron chi connectivity index (χ1n) is 4.81. The molecule has 2 N–H and O–H groups in total. The molecule has 76 valence electrons. The molecule has 0 aromatic carbocycles. The Kier molecular flexibility index (Phi) is 3.14. The topological polar surface area (TPSA) is 49.6 Å². The summed E-state index contributed by atoms with van der Waals surface area (Å²) in [6, 6.07) is 0.247. The summed E-state index contributed by atoms with van der Waals surface area (Å²) in [7, 11) is 1.82. The summed E-state index contributed by atoms with van der Waals surface area (Å²) < 4.78 is 0. The van der Waals surface area contributed by atoms with E-state index in [1.165, 1.54) is 0 Å². The molecule has 0 bridgehead atoms. The number of hydrogen-bond donors (Lipinski definition) is 1. The molecule has 1 rings (SSSR count). The Balaban J connectivity index is 2.50. The van der Waals surface area contributed by atoms with Crippen molar-refractivity contribution in [2.75, 3.05) is 26.7 Å². The third kappa shape index (κ3) is 2.12. The van der Waals surface area contributed by atoms with Crippen molar-refractivity contribution < 1.29 is 4.79 Å². The van der Waals surface area contributed by atoms with Gasteiger partial charge < -0.3 is 15.5 Å². The number of hydrogen-bond acceptors (Lipinski definition) is 2. The Morgan fingerprint density at radius 1 is 1.62 bits per heavy atom. The molecule has 0 aliphatic carbocycles. The average Bonchev–Trinajstić information content (AvgIpc) is 2.44. The fourth-order valence-electron chi connectivity index (χ4n) is 1.52. The van der Waals surface area contributed by atoms with Gasteiger partial charge in [0.15, 0.2) is 0 Å². The fourth-order valence-corrected chi connectivity index (χ4v) is 1.52. The Morgan fingerprint density at radius 3 is 2.62 bits per heavy atom. The molecule has 1 saturated heterocycles. The number of likely N-dealkylation sites (tertiary alicyclic amines) is 1. The van der Waals surface area contributed by atoms with Gasteiger partial charge in [0.2, 0.25) is 0 Å². The number of amides is 2. The minimum absolute atomic E-state index is 0.0994. The first-order chi connectivity index (χ1) is 6.06. The quantitative estimate of drug-likeness (QED) is 0.640. The zero-order valence-electron chi connectivity index (χ0n) is 8.66. The molecule has 4 heteroatoms. The van der Waals surface area contributed by atoms with E-state index in [0.717, 1.165) is 13.1 Å². The minimum Gasteiger partial charge on any atom is -0.328 e. The average molecular weight is 185 g/mol. The van der Waals surface area contributed by atoms with Crippen molar-refractivity contribution in [2.45, 2.75) is 19.9 Å². The van der Waals surface area contributed by atoms with Crippen molar-refractivity contribution in [2.24, 2.45) is 11.7 Å². The summed E-state index contributed by atoms with van der Waals surface area (Å²) in [5, 5.41) is 0. The number of carbonyl (C=O) groups excluding carboxylic acids is 1. The summed E-state index contributed by atoms with van der Waals surface area (Å²) in [5.74, 6) is 0.425. The summed E-state index contributed by atoms with van der Waals surface area (Å²) >= 11 is 0. The summed E-state index contributed by atoms with van der Waals surface area (Å²) in [6.45, 7) is 6.30. The van der Waals surface area contributed by atoms with E-state index >= 15 is 0 Å². The predicted molar refractivity (Wildman–Crippen MR) is 52.4 cm³/mol. The molecule has 0 radical (unpaired) electrons. The second-order valence-electron chi connectivity index (χ2n) is 3.84. The zero-order chi connectivity index (χ0) is 10.0. The van der Waals surface area contributed by atoms with Gasteiger partial charge in [0.25, 0.3) is 0 Å². The van der Waals surface area contributed by atoms with Gasteiger partial charge in [-0.15, -0.1) is 0 Å². The number of carbonyl (C=O) groups is 1. The van der Waals surface area contributed by atoms with Gasteiger partial charge >= 0.3 is 6.03 Å². The van der Waals surface area contributed by atoms with E-state index in [2.05, 4.69) is 6.92 Å². The second kappa shape index (κ2) is 3.96. The molecule has 0 aromatic rings. The standard InChI is InChI=1S/C9H19N3O/c1-4-11(3)9(13)12-5-7(2)8(10)6-12/h7-8H,4-6,10H2,1-3H3. The summed E-state index contributed by atoms with van der Waals surface area (Å²) in [5.41, 5.74) is 5.84. The maximum atomic E-state index is 11.7. The van der Waals surface area contributed by atoms with Crippen LogP contribution in [0.2, 0.25) is 0 Å². The Hall–Kier alpha value is -0.770. The van der Waals surface area contributed by atoms with Gasteiger partial charge in [-0.2, -0.15) is 0 Å². The van der Waals surface area contributed by atoms with Gasteiger partial charge in [-0.3, -0.25) is 0 Å². The SMILES string of the molecule is CCN(C)C(=O)N1CC(C)C(N)C1. The lowest BCUT2D eigenvalue weighted by Gasteiger charge is -2.23. The molecule has 0 saturated carbocycles. The molecular formula is C9H19N3O. The summed E-state index contributed by atoms with van der Waals surface area (Å²) in [6.07, 6.45) is 0. The fraction of sp³-hybridized carbons (Fsp3) is 0.889. The first kappa shape index (κ1) is 10.3. The molecular weight excluding hydrogens is 166 g/mol. The molecule has 4 nitrogen and oxygen atoms in total. The van der Waals surface area contributed by atoms with E-state index in [4.69, 9.17) is 5.73 Å². The molecule has 1 heterocycles. The van der Waals surface area contributed by atoms with Gasteiger partial charge in [0, 0.05) is 32.7 Å². The van der Waals surface area contributed by atoms with Crippen LogP contribution in [-0.2, 0) is 0 Å². The van der Waals surface area contributed by atoms with Crippen LogP contribution in [0.5, 0.6) is 0 Å². The van der Waals surface area contributed by atoms with Crippen molar-refractivity contribution in [1.29, 1.82) is 0 Å². The smallest absolute Gasteiger partial charge is 0.319 e. The monoisotopic (exact) mass is 185 g/mol. The molecule has 1 aliphatic rings. The molecule has 2 amide bonds. The normalized spacial score (nSPS) is 27.8. The highest BCUT2D eigenvalue weighted by molar-refractivity contribution is 5.74. The van der Waals surface area contributed by atoms with Gasteiger partial charge in [0.1, 0.15) is 0 Å². The number of urea groups is 1. The van der Waals surface area contributed by atoms with Crippen LogP contribution < -0.4 is 5.73 Å². The largest absolute Gasteiger partial charge is 0.328 e. The van der Waals surface area contributed by atoms with E-state index in [1.54, 1.807) is 4.90 Å². The third-order valence-electron chi connectivity index (χ3n) is 2.74. The van der Waals surface area contributed by atoms with Crippen molar-refractivity contribution in [3.05, 3.63) is 0 Å². The van der Waals surface area contributed by atoms with E-state index in [-0.39, 0.29) is 12.1 Å². The van der Waals surface area contributed by atoms with E-state index in [1.807, 2.05) is 18.9 Å². The molecule has 2 unspecified atom stereocenters. The highest BCUT2D eigenvalue weighted by atomic mass is 16.2. The first-order valence-corrected chi connectivity index (χ1v) is 4.81. The van der Waals surface area contributed by atoms with E-state index in [0.29, 0.717) is 12.5 Å². The lowest BCUT2D eigenvalue weighted by atomic mass is 10.1. The Bertz CT molecular complexity index is 185. The summed E-state index contributed by atoms with van der Waals surface area (Å²) in [4.78, 5) is 15.2. The van der Waals surface area contributed by atoms with Gasteiger partial charge in [-0.25, -0.2) is 4.79 Å². The van der Waals surface area contributed by atoms with E-state index in [9.17, 15) is 4.79 Å². The van der Waals surface area contributed by atoms with Crippen LogP contribution in [0.4, 0.5) is 4.79 Å². The maximum absolute atomic E-state index is 11.7. The van der Waals surface area contributed by atoms with Crippen molar-refractivity contribution in [1.82, 2.24) is 9.80 Å². The lowest BCUT2D eigenvalue weighted by molar-refractivity contribution is 0.173.